The lowest BCUT2D eigenvalue weighted by Crippen LogP contribution is -2.31. The largest absolute Gasteiger partial charge is 0.348 e. The van der Waals surface area contributed by atoms with Gasteiger partial charge in [0.05, 0.1) is 17.5 Å². The minimum Gasteiger partial charge on any atom is -0.348 e. The molecule has 1 saturated carbocycles. The van der Waals surface area contributed by atoms with Crippen LogP contribution in [0.3, 0.4) is 0 Å². The van der Waals surface area contributed by atoms with Crippen LogP contribution in [0.1, 0.15) is 37.3 Å². The van der Waals surface area contributed by atoms with Crippen molar-refractivity contribution < 1.29 is 4.79 Å². The van der Waals surface area contributed by atoms with Gasteiger partial charge in [0, 0.05) is 18.1 Å². The van der Waals surface area contributed by atoms with Gasteiger partial charge in [-0.1, -0.05) is 59.8 Å². The smallest absolute Gasteiger partial charge is 0.232 e. The molecule has 32 heavy (non-hydrogen) atoms. The summed E-state index contributed by atoms with van der Waals surface area (Å²) in [5, 5.41) is 13.5. The van der Waals surface area contributed by atoms with Crippen molar-refractivity contribution in [3.8, 4) is 5.69 Å². The molecule has 1 N–H and O–H groups in total. The van der Waals surface area contributed by atoms with Gasteiger partial charge < -0.3 is 10.2 Å². The van der Waals surface area contributed by atoms with Gasteiger partial charge in [-0.05, 0) is 55.4 Å². The zero-order chi connectivity index (χ0) is 21.9. The molecule has 1 atom stereocenters. The Kier molecular flexibility index (Phi) is 6.37. The Labute approximate surface area is 197 Å². The molecular weight excluding hydrogens is 442 g/mol. The first-order valence-electron chi connectivity index (χ1n) is 11.1. The number of benzene rings is 2. The number of nitrogens with zero attached hydrogens (tertiary/aromatic N) is 4. The predicted octanol–water partition coefficient (Wildman–Crippen LogP) is 4.88. The lowest BCUT2D eigenvalue weighted by Gasteiger charge is -2.19. The van der Waals surface area contributed by atoms with E-state index in [0.29, 0.717) is 16.1 Å². The van der Waals surface area contributed by atoms with E-state index in [-0.39, 0.29) is 17.7 Å². The number of nitrogens with one attached hydrogen (secondary N) is 1. The third-order valence-electron chi connectivity index (χ3n) is 5.97. The van der Waals surface area contributed by atoms with Gasteiger partial charge in [0.2, 0.25) is 11.9 Å². The van der Waals surface area contributed by atoms with Gasteiger partial charge in [0.1, 0.15) is 0 Å². The fourth-order valence-corrected chi connectivity index (χ4v) is 5.17. The Hall–Kier alpha value is -2.51. The second-order valence-electron chi connectivity index (χ2n) is 8.37. The summed E-state index contributed by atoms with van der Waals surface area (Å²) in [7, 11) is 0. The average molecular weight is 468 g/mol. The van der Waals surface area contributed by atoms with E-state index < -0.39 is 0 Å². The van der Waals surface area contributed by atoms with E-state index in [4.69, 9.17) is 11.6 Å². The van der Waals surface area contributed by atoms with Gasteiger partial charge in [-0.2, -0.15) is 0 Å². The van der Waals surface area contributed by atoms with E-state index in [1.54, 1.807) is 0 Å². The van der Waals surface area contributed by atoms with E-state index in [9.17, 15) is 4.79 Å². The number of halogens is 1. The number of carbonyl (C=O) groups excluding carboxylic acids is 1. The van der Waals surface area contributed by atoms with Gasteiger partial charge in [0.25, 0.3) is 0 Å². The van der Waals surface area contributed by atoms with Gasteiger partial charge in [-0.3, -0.25) is 9.36 Å². The van der Waals surface area contributed by atoms with E-state index >= 15 is 0 Å². The van der Waals surface area contributed by atoms with Crippen molar-refractivity contribution >= 4 is 35.2 Å². The molecule has 1 aliphatic carbocycles. The molecule has 166 valence electrons. The molecule has 1 amide bonds. The van der Waals surface area contributed by atoms with Crippen LogP contribution >= 0.6 is 23.4 Å². The highest BCUT2D eigenvalue weighted by atomic mass is 35.5. The molecule has 6 nitrogen and oxygen atoms in total. The molecule has 2 fully saturated rings. The molecule has 0 bridgehead atoms. The summed E-state index contributed by atoms with van der Waals surface area (Å²) >= 11 is 7.68. The third kappa shape index (κ3) is 4.79. The summed E-state index contributed by atoms with van der Waals surface area (Å²) < 4.78 is 2.02. The van der Waals surface area contributed by atoms with Gasteiger partial charge in [-0.15, -0.1) is 10.2 Å². The van der Waals surface area contributed by atoms with E-state index in [2.05, 4.69) is 32.5 Å². The maximum atomic E-state index is 12.9. The van der Waals surface area contributed by atoms with Crippen LogP contribution in [0.5, 0.6) is 0 Å². The first kappa shape index (κ1) is 21.3. The first-order chi connectivity index (χ1) is 15.7. The highest BCUT2D eigenvalue weighted by molar-refractivity contribution is 7.99. The van der Waals surface area contributed by atoms with Crippen molar-refractivity contribution in [2.45, 2.75) is 36.9 Å². The van der Waals surface area contributed by atoms with Crippen LogP contribution in [0.4, 0.5) is 5.95 Å². The molecule has 0 radical (unpaired) electrons. The second kappa shape index (κ2) is 9.55. The van der Waals surface area contributed by atoms with Crippen LogP contribution in [-0.4, -0.2) is 39.5 Å². The summed E-state index contributed by atoms with van der Waals surface area (Å²) in [5.41, 5.74) is 2.08. The van der Waals surface area contributed by atoms with Crippen molar-refractivity contribution in [3.05, 3.63) is 65.2 Å². The second-order valence-corrected chi connectivity index (χ2v) is 9.75. The molecule has 1 aromatic heterocycles. The number of carbonyl (C=O) groups is 1. The van der Waals surface area contributed by atoms with Crippen molar-refractivity contribution in [3.63, 3.8) is 0 Å². The molecule has 2 aliphatic rings. The Balaban J connectivity index is 1.33. The normalized spacial score (nSPS) is 16.8. The van der Waals surface area contributed by atoms with E-state index in [0.717, 1.165) is 50.4 Å². The summed E-state index contributed by atoms with van der Waals surface area (Å²) in [4.78, 5) is 15.1. The lowest BCUT2D eigenvalue weighted by atomic mass is 10.0. The average Bonchev–Trinajstić information content (AvgIpc) is 3.32. The van der Waals surface area contributed by atoms with E-state index in [1.807, 2.05) is 47.0 Å². The molecule has 1 saturated heterocycles. The minimum atomic E-state index is 0.0131. The molecule has 5 rings (SSSR count). The SMILES string of the molecule is O=C(CSc1nnc(N2CCCC2)n1-c1cccc(Cl)c1)NC(c1ccccc1)C1CC1. The summed E-state index contributed by atoms with van der Waals surface area (Å²) in [6, 6.07) is 18.0. The van der Waals surface area contributed by atoms with Crippen LogP contribution in [0, 0.1) is 5.92 Å². The number of hydrogen-bond acceptors (Lipinski definition) is 5. The fourth-order valence-electron chi connectivity index (χ4n) is 4.23. The zero-order valence-electron chi connectivity index (χ0n) is 17.8. The predicted molar refractivity (Wildman–Crippen MR) is 129 cm³/mol. The molecule has 2 aromatic carbocycles. The Morgan fingerprint density at radius 3 is 2.59 bits per heavy atom. The van der Waals surface area contributed by atoms with Crippen molar-refractivity contribution in [2.75, 3.05) is 23.7 Å². The minimum absolute atomic E-state index is 0.0131. The summed E-state index contributed by atoms with van der Waals surface area (Å²) in [5.74, 6) is 1.64. The molecule has 0 spiro atoms. The van der Waals surface area contributed by atoms with Crippen LogP contribution < -0.4 is 10.2 Å². The van der Waals surface area contributed by atoms with Gasteiger partial charge in [0.15, 0.2) is 5.16 Å². The monoisotopic (exact) mass is 467 g/mol. The quantitative estimate of drug-likeness (QED) is 0.478. The maximum absolute atomic E-state index is 12.9. The number of aromatic nitrogens is 3. The number of amides is 1. The third-order valence-corrected chi connectivity index (χ3v) is 7.14. The number of hydrogen-bond donors (Lipinski definition) is 1. The van der Waals surface area contributed by atoms with E-state index in [1.165, 1.54) is 17.3 Å². The van der Waals surface area contributed by atoms with Crippen molar-refractivity contribution in [1.82, 2.24) is 20.1 Å². The standard InChI is InChI=1S/C24H26ClN5OS/c25-19-9-6-10-20(15-19)30-23(29-13-4-5-14-29)27-28-24(30)32-16-21(31)26-22(18-11-12-18)17-7-2-1-3-8-17/h1-3,6-10,15,18,22H,4-5,11-14,16H2,(H,26,31). The molecule has 3 aromatic rings. The van der Waals surface area contributed by atoms with Crippen LogP contribution in [0.2, 0.25) is 5.02 Å². The first-order valence-corrected chi connectivity index (χ1v) is 12.5. The Bertz CT molecular complexity index is 1080. The maximum Gasteiger partial charge on any atom is 0.232 e. The Morgan fingerprint density at radius 2 is 1.88 bits per heavy atom. The topological polar surface area (TPSA) is 63.1 Å². The number of rotatable bonds is 8. The van der Waals surface area contributed by atoms with Crippen molar-refractivity contribution in [2.24, 2.45) is 5.92 Å². The van der Waals surface area contributed by atoms with Crippen LogP contribution in [0.15, 0.2) is 59.8 Å². The molecule has 1 unspecified atom stereocenters. The van der Waals surface area contributed by atoms with Crippen LogP contribution in [0.25, 0.3) is 5.69 Å². The zero-order valence-corrected chi connectivity index (χ0v) is 19.4. The molecule has 2 heterocycles. The van der Waals surface area contributed by atoms with Gasteiger partial charge in [-0.25, -0.2) is 0 Å². The Morgan fingerprint density at radius 1 is 1.09 bits per heavy atom. The molecule has 8 heteroatoms. The summed E-state index contributed by atoms with van der Waals surface area (Å²) in [6.45, 7) is 1.92. The van der Waals surface area contributed by atoms with Gasteiger partial charge >= 0.3 is 0 Å². The van der Waals surface area contributed by atoms with Crippen molar-refractivity contribution in [1.29, 1.82) is 0 Å². The van der Waals surface area contributed by atoms with Crippen LogP contribution in [-0.2, 0) is 4.79 Å². The fraction of sp³-hybridized carbons (Fsp3) is 0.375. The number of thioether (sulfide) groups is 1. The lowest BCUT2D eigenvalue weighted by molar-refractivity contribution is -0.119. The summed E-state index contributed by atoms with van der Waals surface area (Å²) in [6.07, 6.45) is 4.62. The molecular formula is C24H26ClN5OS. The molecule has 1 aliphatic heterocycles. The number of anilines is 1. The highest BCUT2D eigenvalue weighted by Crippen LogP contribution is 2.41. The highest BCUT2D eigenvalue weighted by Gasteiger charge is 2.33.